The van der Waals surface area contributed by atoms with Crippen molar-refractivity contribution in [3.05, 3.63) is 29.8 Å². The number of para-hydroxylation sites is 1. The van der Waals surface area contributed by atoms with Crippen LogP contribution in [0, 0.1) is 0 Å². The molecule has 8 heteroatoms. The zero-order valence-corrected chi connectivity index (χ0v) is 15.6. The molecular formula is C20H23N3O5. The Morgan fingerprint density at radius 1 is 1.11 bits per heavy atom. The highest BCUT2D eigenvalue weighted by Crippen LogP contribution is 2.35. The number of aryl methyl sites for hydroxylation is 1. The smallest absolute Gasteiger partial charge is 0.326 e. The van der Waals surface area contributed by atoms with Gasteiger partial charge < -0.3 is 15.0 Å². The van der Waals surface area contributed by atoms with E-state index in [1.165, 1.54) is 0 Å². The number of ether oxygens (including phenoxy) is 1. The number of carbonyl (C=O) groups excluding carboxylic acids is 4. The van der Waals surface area contributed by atoms with Crippen LogP contribution in [-0.2, 0) is 25.5 Å². The topological polar surface area (TPSA) is 96.0 Å². The summed E-state index contributed by atoms with van der Waals surface area (Å²) in [5, 5.41) is 2.72. The van der Waals surface area contributed by atoms with Crippen LogP contribution in [0.2, 0.25) is 0 Å². The molecule has 148 valence electrons. The second-order valence-electron chi connectivity index (χ2n) is 7.55. The summed E-state index contributed by atoms with van der Waals surface area (Å²) in [6.07, 6.45) is 4.69. The largest absolute Gasteiger partial charge is 0.454 e. The van der Waals surface area contributed by atoms with Crippen LogP contribution in [0.15, 0.2) is 24.3 Å². The fourth-order valence-corrected chi connectivity index (χ4v) is 4.32. The Balaban J connectivity index is 1.33. The molecule has 0 radical (unpaired) electrons. The van der Waals surface area contributed by atoms with Crippen molar-refractivity contribution in [3.8, 4) is 0 Å². The van der Waals surface area contributed by atoms with Crippen molar-refractivity contribution in [2.24, 2.45) is 0 Å². The van der Waals surface area contributed by atoms with E-state index in [0.29, 0.717) is 19.4 Å². The number of amides is 4. The van der Waals surface area contributed by atoms with Crippen LogP contribution in [0.3, 0.4) is 0 Å². The van der Waals surface area contributed by atoms with Gasteiger partial charge in [-0.05, 0) is 37.3 Å². The zero-order chi connectivity index (χ0) is 19.7. The molecule has 1 aliphatic carbocycles. The van der Waals surface area contributed by atoms with Crippen LogP contribution in [0.25, 0.3) is 0 Å². The summed E-state index contributed by atoms with van der Waals surface area (Å²) in [4.78, 5) is 51.9. The monoisotopic (exact) mass is 385 g/mol. The number of hydrogen-bond acceptors (Lipinski definition) is 5. The third kappa shape index (κ3) is 3.23. The number of nitrogens with one attached hydrogen (secondary N) is 1. The number of fused-ring (bicyclic) bond motifs is 1. The van der Waals surface area contributed by atoms with Gasteiger partial charge in [0.15, 0.2) is 6.61 Å². The Morgan fingerprint density at radius 2 is 1.86 bits per heavy atom. The molecule has 8 nitrogen and oxygen atoms in total. The van der Waals surface area contributed by atoms with Crippen molar-refractivity contribution >= 4 is 29.5 Å². The average Bonchev–Trinajstić information content (AvgIpc) is 3.26. The maximum atomic E-state index is 12.6. The fraction of sp³-hybridized carbons (Fsp3) is 0.500. The van der Waals surface area contributed by atoms with Gasteiger partial charge in [0.2, 0.25) is 0 Å². The van der Waals surface area contributed by atoms with Crippen molar-refractivity contribution < 1.29 is 23.9 Å². The van der Waals surface area contributed by atoms with E-state index >= 15 is 0 Å². The molecule has 1 saturated carbocycles. The quantitative estimate of drug-likeness (QED) is 0.624. The molecule has 3 aliphatic rings. The summed E-state index contributed by atoms with van der Waals surface area (Å²) in [7, 11) is 0. The summed E-state index contributed by atoms with van der Waals surface area (Å²) in [5.41, 5.74) is 1.08. The number of hydrogen-bond donors (Lipinski definition) is 1. The Labute approximate surface area is 162 Å². The first-order valence-electron chi connectivity index (χ1n) is 9.68. The second kappa shape index (κ2) is 7.26. The predicted octanol–water partition coefficient (Wildman–Crippen LogP) is 1.37. The van der Waals surface area contributed by atoms with Crippen molar-refractivity contribution in [2.75, 3.05) is 24.6 Å². The van der Waals surface area contributed by atoms with Crippen molar-refractivity contribution in [3.63, 3.8) is 0 Å². The molecular weight excluding hydrogens is 362 g/mol. The highest BCUT2D eigenvalue weighted by molar-refractivity contribution is 6.09. The van der Waals surface area contributed by atoms with Crippen LogP contribution in [-0.4, -0.2) is 54.0 Å². The summed E-state index contributed by atoms with van der Waals surface area (Å²) >= 11 is 0. The minimum Gasteiger partial charge on any atom is -0.454 e. The van der Waals surface area contributed by atoms with Gasteiger partial charge in [0.1, 0.15) is 12.1 Å². The number of rotatable bonds is 4. The van der Waals surface area contributed by atoms with E-state index in [-0.39, 0.29) is 11.8 Å². The maximum absolute atomic E-state index is 12.6. The lowest BCUT2D eigenvalue weighted by Gasteiger charge is -2.29. The Kier molecular flexibility index (Phi) is 4.78. The molecule has 0 unspecified atom stereocenters. The molecule has 1 spiro atoms. The number of esters is 1. The molecule has 4 amide bonds. The third-order valence-corrected chi connectivity index (χ3v) is 5.76. The minimum absolute atomic E-state index is 0.315. The molecule has 0 aromatic heterocycles. The van der Waals surface area contributed by atoms with E-state index in [1.807, 2.05) is 24.3 Å². The van der Waals surface area contributed by atoms with Gasteiger partial charge in [0.05, 0.1) is 0 Å². The Hall–Kier alpha value is -2.90. The molecule has 28 heavy (non-hydrogen) atoms. The minimum atomic E-state index is -0.856. The van der Waals surface area contributed by atoms with Crippen molar-refractivity contribution in [2.45, 2.75) is 44.1 Å². The number of nitrogens with zero attached hydrogens (tertiary/aromatic N) is 2. The Bertz CT molecular complexity index is 831. The average molecular weight is 385 g/mol. The lowest BCUT2D eigenvalue weighted by Crippen LogP contribution is -2.44. The van der Waals surface area contributed by atoms with Gasteiger partial charge in [-0.2, -0.15) is 0 Å². The van der Waals surface area contributed by atoms with Crippen molar-refractivity contribution in [1.82, 2.24) is 10.2 Å². The van der Waals surface area contributed by atoms with Gasteiger partial charge >= 0.3 is 12.0 Å². The number of benzene rings is 1. The van der Waals surface area contributed by atoms with Crippen LogP contribution in [0.5, 0.6) is 0 Å². The van der Waals surface area contributed by atoms with Gasteiger partial charge in [-0.3, -0.25) is 19.3 Å². The third-order valence-electron chi connectivity index (χ3n) is 5.76. The summed E-state index contributed by atoms with van der Waals surface area (Å²) in [6.45, 7) is -0.318. The van der Waals surface area contributed by atoms with Crippen LogP contribution >= 0.6 is 0 Å². The Morgan fingerprint density at radius 3 is 2.64 bits per heavy atom. The van der Waals surface area contributed by atoms with Gasteiger partial charge in [-0.15, -0.1) is 0 Å². The lowest BCUT2D eigenvalue weighted by atomic mass is 9.98. The highest BCUT2D eigenvalue weighted by Gasteiger charge is 2.52. The first-order valence-corrected chi connectivity index (χ1v) is 9.68. The first-order chi connectivity index (χ1) is 13.5. The van der Waals surface area contributed by atoms with Gasteiger partial charge in [0, 0.05) is 12.2 Å². The number of carbonyl (C=O) groups is 4. The number of anilines is 1. The molecule has 1 aromatic carbocycles. The molecule has 1 saturated heterocycles. The molecule has 2 aliphatic heterocycles. The zero-order valence-electron chi connectivity index (χ0n) is 15.6. The predicted molar refractivity (Wildman–Crippen MR) is 99.5 cm³/mol. The number of imide groups is 1. The van der Waals surface area contributed by atoms with E-state index < -0.39 is 30.7 Å². The summed E-state index contributed by atoms with van der Waals surface area (Å²) in [5.74, 6) is -1.45. The molecule has 0 atom stereocenters. The van der Waals surface area contributed by atoms with E-state index in [2.05, 4.69) is 5.32 Å². The van der Waals surface area contributed by atoms with Gasteiger partial charge in [-0.25, -0.2) is 4.79 Å². The first kappa shape index (κ1) is 18.5. The second-order valence-corrected chi connectivity index (χ2v) is 7.55. The maximum Gasteiger partial charge on any atom is 0.326 e. The molecule has 1 aromatic rings. The van der Waals surface area contributed by atoms with Crippen LogP contribution < -0.4 is 10.2 Å². The van der Waals surface area contributed by atoms with Gasteiger partial charge in [-0.1, -0.05) is 31.0 Å². The molecule has 0 bridgehead atoms. The summed E-state index contributed by atoms with van der Waals surface area (Å²) < 4.78 is 5.08. The number of urea groups is 1. The highest BCUT2D eigenvalue weighted by atomic mass is 16.5. The normalized spacial score (nSPS) is 20.3. The fourth-order valence-electron chi connectivity index (χ4n) is 4.32. The van der Waals surface area contributed by atoms with Crippen LogP contribution in [0.4, 0.5) is 10.5 Å². The summed E-state index contributed by atoms with van der Waals surface area (Å²) in [6, 6.07) is 7.09. The lowest BCUT2D eigenvalue weighted by molar-refractivity contribution is -0.150. The van der Waals surface area contributed by atoms with E-state index in [0.717, 1.165) is 41.8 Å². The van der Waals surface area contributed by atoms with E-state index in [4.69, 9.17) is 4.74 Å². The SMILES string of the molecule is O=C(CN1C(=O)NC2(CCCC2)C1=O)OCC(=O)N1CCCc2ccccc21. The molecule has 2 fully saturated rings. The molecule has 1 N–H and O–H groups in total. The van der Waals surface area contributed by atoms with Crippen LogP contribution in [0.1, 0.15) is 37.7 Å². The van der Waals surface area contributed by atoms with Gasteiger partial charge in [0.25, 0.3) is 11.8 Å². The van der Waals surface area contributed by atoms with E-state index in [9.17, 15) is 19.2 Å². The standard InChI is InChI=1S/C20H23N3O5/c24-16(22-11-5-7-14-6-1-2-8-15(14)22)13-28-17(25)12-23-18(26)20(21-19(23)27)9-3-4-10-20/h1-2,6,8H,3-5,7,9-13H2,(H,21,27). The van der Waals surface area contributed by atoms with E-state index in [1.54, 1.807) is 4.90 Å². The molecule has 2 heterocycles. The van der Waals surface area contributed by atoms with Crippen molar-refractivity contribution in [1.29, 1.82) is 0 Å². The molecule has 4 rings (SSSR count).